The van der Waals surface area contributed by atoms with E-state index in [1.54, 1.807) is 49.8 Å². The first-order valence-electron chi connectivity index (χ1n) is 10.3. The summed E-state index contributed by atoms with van der Waals surface area (Å²) in [6.45, 7) is 1.41. The zero-order valence-electron chi connectivity index (χ0n) is 18.4. The number of alkyl halides is 3. The maximum atomic E-state index is 13.3. The predicted molar refractivity (Wildman–Crippen MR) is 126 cm³/mol. The molecule has 1 N–H and O–H groups in total. The number of nitrogens with one attached hydrogen (secondary N) is 1. The molecule has 2 aromatic heterocycles. The fraction of sp³-hybridized carbons (Fsp3) is 0.115. The highest BCUT2D eigenvalue weighted by molar-refractivity contribution is 6.01. The Morgan fingerprint density at radius 3 is 2.62 bits per heavy atom. The van der Waals surface area contributed by atoms with Crippen molar-refractivity contribution in [3.63, 3.8) is 0 Å². The van der Waals surface area contributed by atoms with Gasteiger partial charge in [-0.1, -0.05) is 12.1 Å². The summed E-state index contributed by atoms with van der Waals surface area (Å²) in [6, 6.07) is 14.0. The number of halogens is 3. The average Bonchev–Trinajstić information content (AvgIpc) is 2.82. The van der Waals surface area contributed by atoms with Crippen LogP contribution in [0.2, 0.25) is 0 Å². The van der Waals surface area contributed by atoms with Crippen LogP contribution in [0.25, 0.3) is 28.2 Å². The van der Waals surface area contributed by atoms with E-state index < -0.39 is 11.7 Å². The number of aromatic nitrogens is 2. The lowest BCUT2D eigenvalue weighted by atomic mass is 10.0. The topological polar surface area (TPSA) is 64.1 Å². The third-order valence-corrected chi connectivity index (χ3v) is 5.12. The number of nitrogens with zero attached hydrogens (tertiary/aromatic N) is 2. The minimum absolute atomic E-state index is 0.169. The maximum Gasteiger partial charge on any atom is 0.416 e. The van der Waals surface area contributed by atoms with E-state index in [-0.39, 0.29) is 11.5 Å². The summed E-state index contributed by atoms with van der Waals surface area (Å²) in [7, 11) is 1.55. The molecule has 4 rings (SSSR count). The highest BCUT2D eigenvalue weighted by atomic mass is 19.4. The van der Waals surface area contributed by atoms with Gasteiger partial charge in [-0.15, -0.1) is 0 Å². The van der Waals surface area contributed by atoms with E-state index in [4.69, 9.17) is 4.74 Å². The number of ether oxygens (including phenoxy) is 1. The van der Waals surface area contributed by atoms with Gasteiger partial charge in [-0.2, -0.15) is 13.2 Å². The number of rotatable bonds is 6. The number of anilines is 2. The molecule has 2 heterocycles. The number of methoxy groups -OCH3 is 1. The van der Waals surface area contributed by atoms with Gasteiger partial charge in [0, 0.05) is 34.6 Å². The Morgan fingerprint density at radius 1 is 1.06 bits per heavy atom. The number of fused-ring (bicyclic) bond motifs is 1. The Labute approximate surface area is 193 Å². The molecule has 0 aliphatic heterocycles. The summed E-state index contributed by atoms with van der Waals surface area (Å²) in [6.07, 6.45) is 1.70. The molecule has 2 aromatic carbocycles. The van der Waals surface area contributed by atoms with Crippen LogP contribution in [0.3, 0.4) is 0 Å². The highest BCUT2D eigenvalue weighted by Crippen LogP contribution is 2.36. The lowest BCUT2D eigenvalue weighted by Gasteiger charge is -2.16. The fourth-order valence-corrected chi connectivity index (χ4v) is 3.52. The number of carbonyl (C=O) groups excluding carboxylic acids is 1. The second-order valence-electron chi connectivity index (χ2n) is 7.52. The molecule has 34 heavy (non-hydrogen) atoms. The van der Waals surface area contributed by atoms with Crippen LogP contribution in [0, 0.1) is 0 Å². The van der Waals surface area contributed by atoms with Gasteiger partial charge in [0.15, 0.2) is 5.78 Å². The SMILES string of the molecule is COc1cccnc1-c1ccc2ncc(/C=C/C(C)=O)c(Nc3cccc(C(F)(F)F)c3)c2c1. The van der Waals surface area contributed by atoms with Crippen molar-refractivity contribution in [2.45, 2.75) is 13.1 Å². The van der Waals surface area contributed by atoms with Crippen molar-refractivity contribution in [3.05, 3.63) is 84.2 Å². The molecule has 0 amide bonds. The average molecular weight is 463 g/mol. The molecule has 0 saturated heterocycles. The Hall–Kier alpha value is -4.20. The highest BCUT2D eigenvalue weighted by Gasteiger charge is 2.30. The Balaban J connectivity index is 1.91. The molecule has 8 heteroatoms. The Kier molecular flexibility index (Phi) is 6.32. The van der Waals surface area contributed by atoms with E-state index in [2.05, 4.69) is 15.3 Å². The van der Waals surface area contributed by atoms with Gasteiger partial charge in [0.1, 0.15) is 11.4 Å². The van der Waals surface area contributed by atoms with Crippen molar-refractivity contribution in [2.24, 2.45) is 0 Å². The number of hydrogen-bond donors (Lipinski definition) is 1. The zero-order valence-corrected chi connectivity index (χ0v) is 18.4. The number of benzene rings is 2. The third kappa shape index (κ3) is 4.91. The van der Waals surface area contributed by atoms with Gasteiger partial charge in [-0.3, -0.25) is 14.8 Å². The molecule has 0 atom stereocenters. The zero-order chi connectivity index (χ0) is 24.3. The van der Waals surface area contributed by atoms with Crippen LogP contribution < -0.4 is 10.1 Å². The molecule has 4 aromatic rings. The van der Waals surface area contributed by atoms with Crippen molar-refractivity contribution in [2.75, 3.05) is 12.4 Å². The normalized spacial score (nSPS) is 11.7. The van der Waals surface area contributed by atoms with Crippen LogP contribution in [0.1, 0.15) is 18.1 Å². The van der Waals surface area contributed by atoms with Gasteiger partial charge in [-0.05, 0) is 61.5 Å². The van der Waals surface area contributed by atoms with Gasteiger partial charge in [0.2, 0.25) is 0 Å². The molecule has 0 unspecified atom stereocenters. The molecule has 0 fully saturated rings. The molecular formula is C26H20F3N3O2. The molecule has 0 bridgehead atoms. The number of hydrogen-bond acceptors (Lipinski definition) is 5. The van der Waals surface area contributed by atoms with Gasteiger partial charge >= 0.3 is 6.18 Å². The summed E-state index contributed by atoms with van der Waals surface area (Å²) in [5.41, 5.74) is 2.52. The molecule has 0 spiro atoms. The van der Waals surface area contributed by atoms with Gasteiger partial charge in [-0.25, -0.2) is 0 Å². The van der Waals surface area contributed by atoms with Crippen molar-refractivity contribution in [3.8, 4) is 17.0 Å². The van der Waals surface area contributed by atoms with E-state index >= 15 is 0 Å². The molecule has 5 nitrogen and oxygen atoms in total. The number of ketones is 1. The molecule has 0 aliphatic rings. The van der Waals surface area contributed by atoms with Crippen molar-refractivity contribution in [1.82, 2.24) is 9.97 Å². The summed E-state index contributed by atoms with van der Waals surface area (Å²) in [5.74, 6) is 0.409. The largest absolute Gasteiger partial charge is 0.494 e. The fourth-order valence-electron chi connectivity index (χ4n) is 3.52. The smallest absolute Gasteiger partial charge is 0.416 e. The quantitative estimate of drug-likeness (QED) is 0.324. The Bertz CT molecular complexity index is 1400. The minimum atomic E-state index is -4.47. The van der Waals surface area contributed by atoms with Crippen LogP contribution >= 0.6 is 0 Å². The maximum absolute atomic E-state index is 13.3. The van der Waals surface area contributed by atoms with E-state index in [1.807, 2.05) is 12.1 Å². The third-order valence-electron chi connectivity index (χ3n) is 5.12. The first-order chi connectivity index (χ1) is 16.3. The van der Waals surface area contributed by atoms with Gasteiger partial charge in [0.05, 0.1) is 23.9 Å². The second kappa shape index (κ2) is 9.35. The lowest BCUT2D eigenvalue weighted by molar-refractivity contribution is -0.137. The first kappa shape index (κ1) is 23.0. The van der Waals surface area contributed by atoms with Crippen molar-refractivity contribution >= 4 is 34.1 Å². The van der Waals surface area contributed by atoms with E-state index in [1.165, 1.54) is 19.1 Å². The Morgan fingerprint density at radius 2 is 1.88 bits per heavy atom. The van der Waals surface area contributed by atoms with Crippen LogP contribution in [-0.4, -0.2) is 22.9 Å². The van der Waals surface area contributed by atoms with Gasteiger partial charge < -0.3 is 10.1 Å². The minimum Gasteiger partial charge on any atom is -0.494 e. The lowest BCUT2D eigenvalue weighted by Crippen LogP contribution is -2.05. The first-order valence-corrected chi connectivity index (χ1v) is 10.3. The van der Waals surface area contributed by atoms with Crippen molar-refractivity contribution in [1.29, 1.82) is 0 Å². The summed E-state index contributed by atoms with van der Waals surface area (Å²) >= 11 is 0. The van der Waals surface area contributed by atoms with E-state index in [0.717, 1.165) is 17.7 Å². The summed E-state index contributed by atoms with van der Waals surface area (Å²) in [5, 5.41) is 3.75. The van der Waals surface area contributed by atoms with Crippen molar-refractivity contribution < 1.29 is 22.7 Å². The summed E-state index contributed by atoms with van der Waals surface area (Å²) in [4.78, 5) is 20.4. The number of allylic oxidation sites excluding steroid dienone is 1. The van der Waals surface area contributed by atoms with E-state index in [0.29, 0.717) is 33.6 Å². The molecular weight excluding hydrogens is 443 g/mol. The van der Waals surface area contributed by atoms with Gasteiger partial charge in [0.25, 0.3) is 0 Å². The predicted octanol–water partition coefficient (Wildman–Crippen LogP) is 6.67. The second-order valence-corrected chi connectivity index (χ2v) is 7.52. The summed E-state index contributed by atoms with van der Waals surface area (Å²) < 4.78 is 45.2. The van der Waals surface area contributed by atoms with E-state index in [9.17, 15) is 18.0 Å². The number of carbonyl (C=O) groups is 1. The molecule has 0 aliphatic carbocycles. The van der Waals surface area contributed by atoms with Crippen LogP contribution in [-0.2, 0) is 11.0 Å². The molecule has 0 radical (unpaired) electrons. The number of pyridine rings is 2. The molecule has 0 saturated carbocycles. The van der Waals surface area contributed by atoms with Crippen LogP contribution in [0.4, 0.5) is 24.5 Å². The van der Waals surface area contributed by atoms with Crippen LogP contribution in [0.5, 0.6) is 5.75 Å². The van der Waals surface area contributed by atoms with Crippen LogP contribution in [0.15, 0.2) is 73.1 Å². The standard InChI is InChI=1S/C26H20F3N3O2/c1-16(33)8-9-18-15-31-22-11-10-17(25-23(34-2)7-4-12-30-25)13-21(22)24(18)32-20-6-3-5-19(14-20)26(27,28)29/h3-15H,1-2H3,(H,31,32)/b9-8+. The molecule has 172 valence electrons. The monoisotopic (exact) mass is 463 g/mol.